The zero-order chi connectivity index (χ0) is 15.5. The summed E-state index contributed by atoms with van der Waals surface area (Å²) in [6.07, 6.45) is 4.02. The zero-order valence-corrected chi connectivity index (χ0v) is 13.6. The van der Waals surface area contributed by atoms with Gasteiger partial charge in [-0.1, -0.05) is 18.2 Å². The van der Waals surface area contributed by atoms with Crippen molar-refractivity contribution in [3.63, 3.8) is 0 Å². The van der Waals surface area contributed by atoms with E-state index < -0.39 is 0 Å². The van der Waals surface area contributed by atoms with Gasteiger partial charge in [-0.25, -0.2) is 0 Å². The third kappa shape index (κ3) is 3.85. The Hall–Kier alpha value is -1.81. The highest BCUT2D eigenvalue weighted by molar-refractivity contribution is 5.35. The van der Waals surface area contributed by atoms with Gasteiger partial charge in [0, 0.05) is 29.9 Å². The highest BCUT2D eigenvalue weighted by Gasteiger charge is 2.15. The predicted octanol–water partition coefficient (Wildman–Crippen LogP) is 3.50. The van der Waals surface area contributed by atoms with Crippen LogP contribution in [-0.4, -0.2) is 16.9 Å². The fraction of sp³-hybridized carbons (Fsp3) is 0.471. The summed E-state index contributed by atoms with van der Waals surface area (Å²) in [6.45, 7) is 9.37. The maximum absolute atomic E-state index is 5.41. The number of hydrogen-bond acceptors (Lipinski definition) is 3. The molecule has 0 saturated carbocycles. The zero-order valence-electron chi connectivity index (χ0n) is 13.6. The number of nitrogens with zero attached hydrogens (tertiary/aromatic N) is 2. The number of para-hydroxylation sites is 1. The van der Waals surface area contributed by atoms with E-state index >= 15 is 0 Å². The highest BCUT2D eigenvalue weighted by atomic mass is 16.5. The number of rotatable bonds is 5. The molecule has 0 spiro atoms. The number of nitrogens with one attached hydrogen (secondary N) is 1. The minimum absolute atomic E-state index is 0.0204. The Labute approximate surface area is 127 Å². The lowest BCUT2D eigenvalue weighted by Crippen LogP contribution is -2.22. The maximum Gasteiger partial charge on any atom is 0.123 e. The van der Waals surface area contributed by atoms with Crippen molar-refractivity contribution in [1.82, 2.24) is 15.1 Å². The number of hydrogen-bond donors (Lipinski definition) is 1. The second kappa shape index (κ2) is 6.31. The Morgan fingerprint density at radius 2 is 2.00 bits per heavy atom. The van der Waals surface area contributed by atoms with Gasteiger partial charge >= 0.3 is 0 Å². The average molecular weight is 287 g/mol. The number of ether oxygens (including phenoxy) is 1. The molecule has 0 aliphatic heterocycles. The Kier molecular flexibility index (Phi) is 4.68. The molecule has 21 heavy (non-hydrogen) atoms. The molecule has 1 N–H and O–H groups in total. The molecule has 1 unspecified atom stereocenters. The van der Waals surface area contributed by atoms with Crippen molar-refractivity contribution in [2.45, 2.75) is 45.8 Å². The van der Waals surface area contributed by atoms with Gasteiger partial charge in [0.1, 0.15) is 5.75 Å². The van der Waals surface area contributed by atoms with Crippen molar-refractivity contribution in [3.05, 3.63) is 47.8 Å². The van der Waals surface area contributed by atoms with Gasteiger partial charge in [0.2, 0.25) is 0 Å². The fourth-order valence-corrected chi connectivity index (χ4v) is 2.22. The van der Waals surface area contributed by atoms with E-state index in [0.29, 0.717) is 0 Å². The molecular weight excluding hydrogens is 262 g/mol. The minimum atomic E-state index is 0.0204. The highest BCUT2D eigenvalue weighted by Crippen LogP contribution is 2.24. The van der Waals surface area contributed by atoms with Gasteiger partial charge in [0.15, 0.2) is 0 Å². The molecule has 4 nitrogen and oxygen atoms in total. The van der Waals surface area contributed by atoms with Crippen molar-refractivity contribution in [2.24, 2.45) is 0 Å². The van der Waals surface area contributed by atoms with E-state index in [9.17, 15) is 0 Å². The second-order valence-corrected chi connectivity index (χ2v) is 6.31. The van der Waals surface area contributed by atoms with Crippen molar-refractivity contribution in [1.29, 1.82) is 0 Å². The predicted molar refractivity (Wildman–Crippen MR) is 85.5 cm³/mol. The molecule has 0 aliphatic rings. The van der Waals surface area contributed by atoms with Gasteiger partial charge in [0.05, 0.1) is 18.8 Å². The van der Waals surface area contributed by atoms with E-state index in [1.807, 2.05) is 29.1 Å². The van der Waals surface area contributed by atoms with E-state index in [-0.39, 0.29) is 11.6 Å². The summed E-state index contributed by atoms with van der Waals surface area (Å²) in [5.41, 5.74) is 2.38. The summed E-state index contributed by atoms with van der Waals surface area (Å²) >= 11 is 0. The molecule has 2 rings (SSSR count). The molecule has 2 aromatic rings. The third-order valence-corrected chi connectivity index (χ3v) is 3.54. The van der Waals surface area contributed by atoms with Crippen LogP contribution in [0, 0.1) is 0 Å². The molecule has 4 heteroatoms. The number of methoxy groups -OCH3 is 1. The first-order valence-corrected chi connectivity index (χ1v) is 7.32. The Morgan fingerprint density at radius 1 is 1.29 bits per heavy atom. The van der Waals surface area contributed by atoms with Crippen LogP contribution in [0.4, 0.5) is 0 Å². The lowest BCUT2D eigenvalue weighted by molar-refractivity contribution is 0.355. The van der Waals surface area contributed by atoms with Crippen LogP contribution in [-0.2, 0) is 12.1 Å². The van der Waals surface area contributed by atoms with Crippen molar-refractivity contribution >= 4 is 0 Å². The van der Waals surface area contributed by atoms with Gasteiger partial charge in [-0.3, -0.25) is 4.68 Å². The van der Waals surface area contributed by atoms with Gasteiger partial charge in [0.25, 0.3) is 0 Å². The summed E-state index contributed by atoms with van der Waals surface area (Å²) in [4.78, 5) is 0. The summed E-state index contributed by atoms with van der Waals surface area (Å²) in [5, 5.41) is 7.95. The summed E-state index contributed by atoms with van der Waals surface area (Å²) in [7, 11) is 1.71. The molecule has 0 aliphatic carbocycles. The van der Waals surface area contributed by atoms with Gasteiger partial charge in [-0.05, 0) is 33.8 Å². The van der Waals surface area contributed by atoms with E-state index in [1.54, 1.807) is 7.11 Å². The van der Waals surface area contributed by atoms with Crippen molar-refractivity contribution < 1.29 is 4.74 Å². The Morgan fingerprint density at radius 3 is 2.62 bits per heavy atom. The molecule has 1 aromatic heterocycles. The van der Waals surface area contributed by atoms with Crippen LogP contribution >= 0.6 is 0 Å². The van der Waals surface area contributed by atoms with Crippen molar-refractivity contribution in [2.75, 3.05) is 7.11 Å². The molecule has 0 fully saturated rings. The van der Waals surface area contributed by atoms with Crippen LogP contribution in [0.25, 0.3) is 0 Å². The topological polar surface area (TPSA) is 39.1 Å². The fourth-order valence-electron chi connectivity index (χ4n) is 2.22. The first-order valence-electron chi connectivity index (χ1n) is 7.32. The number of aromatic nitrogens is 2. The van der Waals surface area contributed by atoms with E-state index in [1.165, 1.54) is 11.1 Å². The molecule has 114 valence electrons. The van der Waals surface area contributed by atoms with Crippen LogP contribution in [0.5, 0.6) is 5.75 Å². The maximum atomic E-state index is 5.41. The molecule has 1 heterocycles. The van der Waals surface area contributed by atoms with Crippen molar-refractivity contribution in [3.8, 4) is 5.75 Å². The second-order valence-electron chi connectivity index (χ2n) is 6.31. The van der Waals surface area contributed by atoms with E-state index in [4.69, 9.17) is 4.74 Å². The molecule has 0 bridgehead atoms. The molecule has 0 amide bonds. The lowest BCUT2D eigenvalue weighted by atomic mass is 10.1. The Bertz CT molecular complexity index is 584. The monoisotopic (exact) mass is 287 g/mol. The number of benzene rings is 1. The van der Waals surface area contributed by atoms with E-state index in [0.717, 1.165) is 12.3 Å². The standard InChI is InChI=1S/C17H25N3O/c1-13(15-8-6-7-9-16(15)21-5)18-10-14-11-19-20(12-14)17(2,3)4/h6-9,11-13,18H,10H2,1-5H3. The van der Waals surface area contributed by atoms with E-state index in [2.05, 4.69) is 50.4 Å². The largest absolute Gasteiger partial charge is 0.496 e. The summed E-state index contributed by atoms with van der Waals surface area (Å²) in [6, 6.07) is 8.33. The van der Waals surface area contributed by atoms with Gasteiger partial charge in [-0.15, -0.1) is 0 Å². The van der Waals surface area contributed by atoms with Crippen LogP contribution in [0.3, 0.4) is 0 Å². The third-order valence-electron chi connectivity index (χ3n) is 3.54. The van der Waals surface area contributed by atoms with Gasteiger partial charge in [-0.2, -0.15) is 5.10 Å². The summed E-state index contributed by atoms with van der Waals surface area (Å²) in [5.74, 6) is 0.919. The molecule has 0 radical (unpaired) electrons. The molecule has 1 aromatic carbocycles. The summed E-state index contributed by atoms with van der Waals surface area (Å²) < 4.78 is 7.41. The smallest absolute Gasteiger partial charge is 0.123 e. The molecular formula is C17H25N3O. The average Bonchev–Trinajstić information content (AvgIpc) is 2.93. The first kappa shape index (κ1) is 15.6. The molecule has 0 saturated heterocycles. The van der Waals surface area contributed by atoms with Crippen LogP contribution in [0.2, 0.25) is 0 Å². The van der Waals surface area contributed by atoms with Gasteiger partial charge < -0.3 is 10.1 Å². The Balaban J connectivity index is 2.01. The normalized spacial score (nSPS) is 13.2. The first-order chi connectivity index (χ1) is 9.91. The van der Waals surface area contributed by atoms with Crippen LogP contribution in [0.1, 0.15) is 44.9 Å². The van der Waals surface area contributed by atoms with Crippen LogP contribution < -0.4 is 10.1 Å². The lowest BCUT2D eigenvalue weighted by Gasteiger charge is -2.19. The molecule has 1 atom stereocenters. The minimum Gasteiger partial charge on any atom is -0.496 e. The van der Waals surface area contributed by atoms with Crippen LogP contribution in [0.15, 0.2) is 36.7 Å². The quantitative estimate of drug-likeness (QED) is 0.915. The SMILES string of the molecule is COc1ccccc1C(C)NCc1cnn(C(C)(C)C)c1.